The molecule has 0 saturated carbocycles. The van der Waals surface area contributed by atoms with Gasteiger partial charge in [-0.05, 0) is 70.6 Å². The van der Waals surface area contributed by atoms with E-state index >= 15 is 0 Å². The van der Waals surface area contributed by atoms with E-state index in [0.29, 0.717) is 12.8 Å². The number of hydrogen-bond acceptors (Lipinski definition) is 7. The summed E-state index contributed by atoms with van der Waals surface area (Å²) < 4.78 is 16.9. The first kappa shape index (κ1) is 47.5. The Morgan fingerprint density at radius 1 is 0.608 bits per heavy atom. The van der Waals surface area contributed by atoms with E-state index in [1.165, 1.54) is 12.8 Å². The van der Waals surface area contributed by atoms with Crippen LogP contribution in [-0.2, 0) is 28.6 Å². The summed E-state index contributed by atoms with van der Waals surface area (Å²) in [6, 6.07) is -0.742. The van der Waals surface area contributed by atoms with Crippen molar-refractivity contribution in [2.45, 2.75) is 129 Å². The van der Waals surface area contributed by atoms with Crippen LogP contribution in [0.25, 0.3) is 0 Å². The largest absolute Gasteiger partial charge is 0.544 e. The standard InChI is InChI=1S/C43H69NO7/c1-6-8-10-12-14-15-16-17-18-19-20-21-22-23-24-25-26-28-29-31-33-41(45)50-38-39(37-49-36-35-40(43(47)48)44(3,4)5)51-42(46)34-32-30-27-13-11-9-7-2/h8,10,14-15,17-18,20-21,23-24,26-28,30,39-40H,6-7,9,11-13,16,19,22,25,29,31-38H2,1-5H3/b10-8+,15-14+,18-17+,21-20+,24-23+,28-26+,30-27+. The lowest BCUT2D eigenvalue weighted by Gasteiger charge is -2.34. The van der Waals surface area contributed by atoms with Crippen LogP contribution < -0.4 is 5.11 Å². The van der Waals surface area contributed by atoms with Gasteiger partial charge in [0.15, 0.2) is 6.10 Å². The first-order valence-electron chi connectivity index (χ1n) is 19.1. The van der Waals surface area contributed by atoms with Crippen molar-refractivity contribution in [2.75, 3.05) is 41.0 Å². The van der Waals surface area contributed by atoms with Gasteiger partial charge in [-0.15, -0.1) is 0 Å². The number of nitrogens with zero attached hydrogens (tertiary/aromatic N) is 1. The van der Waals surface area contributed by atoms with E-state index < -0.39 is 24.1 Å². The molecule has 0 amide bonds. The van der Waals surface area contributed by atoms with Crippen LogP contribution >= 0.6 is 0 Å². The van der Waals surface area contributed by atoms with Crippen LogP contribution in [0.15, 0.2) is 85.1 Å². The third kappa shape index (κ3) is 32.2. The summed E-state index contributed by atoms with van der Waals surface area (Å²) in [4.78, 5) is 36.5. The molecule has 51 heavy (non-hydrogen) atoms. The highest BCUT2D eigenvalue weighted by atomic mass is 16.6. The quantitative estimate of drug-likeness (QED) is 0.0299. The normalized spacial score (nSPS) is 14.0. The number of carboxylic acid groups (broad SMARTS) is 1. The molecule has 0 aromatic carbocycles. The fraction of sp³-hybridized carbons (Fsp3) is 0.605. The SMILES string of the molecule is CC/C=C/C/C=C/C/C=C/C/C=C/C/C=C/C/C=C/CCCC(=O)OCC(COCCC(C(=O)[O-])[N+](C)(C)C)OC(=O)CC/C=C/CCCCC. The van der Waals surface area contributed by atoms with Crippen molar-refractivity contribution in [3.8, 4) is 0 Å². The molecule has 0 fully saturated rings. The number of ether oxygens (including phenoxy) is 3. The van der Waals surface area contributed by atoms with Gasteiger partial charge >= 0.3 is 11.9 Å². The van der Waals surface area contributed by atoms with Gasteiger partial charge in [0.1, 0.15) is 12.6 Å². The minimum Gasteiger partial charge on any atom is -0.544 e. The smallest absolute Gasteiger partial charge is 0.306 e. The molecule has 0 aliphatic carbocycles. The van der Waals surface area contributed by atoms with Crippen molar-refractivity contribution in [1.29, 1.82) is 0 Å². The topological polar surface area (TPSA) is 102 Å². The minimum atomic E-state index is -1.14. The Labute approximate surface area is 310 Å². The highest BCUT2D eigenvalue weighted by molar-refractivity contribution is 5.70. The number of aliphatic carboxylic acids is 1. The molecule has 288 valence electrons. The highest BCUT2D eigenvalue weighted by Gasteiger charge is 2.25. The summed E-state index contributed by atoms with van der Waals surface area (Å²) >= 11 is 0. The molecule has 0 aromatic rings. The second-order valence-electron chi connectivity index (χ2n) is 13.4. The van der Waals surface area contributed by atoms with E-state index in [0.717, 1.165) is 57.8 Å². The van der Waals surface area contributed by atoms with E-state index in [9.17, 15) is 19.5 Å². The van der Waals surface area contributed by atoms with Crippen molar-refractivity contribution in [2.24, 2.45) is 0 Å². The monoisotopic (exact) mass is 712 g/mol. The minimum absolute atomic E-state index is 0.00132. The van der Waals surface area contributed by atoms with Gasteiger partial charge in [-0.25, -0.2) is 0 Å². The van der Waals surface area contributed by atoms with E-state index in [4.69, 9.17) is 14.2 Å². The van der Waals surface area contributed by atoms with Crippen LogP contribution in [0, 0.1) is 0 Å². The Hall–Kier alpha value is -3.49. The first-order chi connectivity index (χ1) is 24.6. The second-order valence-corrected chi connectivity index (χ2v) is 13.4. The number of rotatable bonds is 32. The molecule has 0 aliphatic heterocycles. The summed E-state index contributed by atoms with van der Waals surface area (Å²) in [6.07, 6.45) is 42.2. The molecule has 2 atom stereocenters. The summed E-state index contributed by atoms with van der Waals surface area (Å²) in [5, 5.41) is 11.5. The Kier molecular flexibility index (Phi) is 31.3. The van der Waals surface area contributed by atoms with E-state index in [-0.39, 0.29) is 49.5 Å². The molecule has 0 aromatic heterocycles. The van der Waals surface area contributed by atoms with Gasteiger partial charge < -0.3 is 28.6 Å². The third-order valence-electron chi connectivity index (χ3n) is 7.78. The van der Waals surface area contributed by atoms with Gasteiger partial charge in [0.05, 0.1) is 40.3 Å². The van der Waals surface area contributed by atoms with Gasteiger partial charge in [0.2, 0.25) is 0 Å². The zero-order chi connectivity index (χ0) is 37.8. The lowest BCUT2D eigenvalue weighted by Crippen LogP contribution is -2.55. The van der Waals surface area contributed by atoms with Gasteiger partial charge in [-0.2, -0.15) is 0 Å². The van der Waals surface area contributed by atoms with Crippen LogP contribution in [0.1, 0.15) is 117 Å². The van der Waals surface area contributed by atoms with Gasteiger partial charge in [0, 0.05) is 19.3 Å². The lowest BCUT2D eigenvalue weighted by atomic mass is 10.1. The van der Waals surface area contributed by atoms with E-state index in [1.807, 2.05) is 6.08 Å². The molecular formula is C43H69NO7. The number of likely N-dealkylation sites (N-methyl/N-ethyl adjacent to an activating group) is 1. The molecule has 0 rings (SSSR count). The Bertz CT molecular complexity index is 1110. The van der Waals surface area contributed by atoms with Crippen LogP contribution in [-0.4, -0.2) is 75.5 Å². The highest BCUT2D eigenvalue weighted by Crippen LogP contribution is 2.09. The predicted octanol–water partition coefficient (Wildman–Crippen LogP) is 8.46. The maximum absolute atomic E-state index is 12.5. The summed E-state index contributed by atoms with van der Waals surface area (Å²) in [5.41, 5.74) is 0. The third-order valence-corrected chi connectivity index (χ3v) is 7.78. The Balaban J connectivity index is 4.45. The number of allylic oxidation sites excluding steroid dienone is 14. The van der Waals surface area contributed by atoms with Crippen LogP contribution in [0.5, 0.6) is 0 Å². The zero-order valence-corrected chi connectivity index (χ0v) is 32.5. The number of hydrogen-bond donors (Lipinski definition) is 0. The van der Waals surface area contributed by atoms with Gasteiger partial charge in [-0.3, -0.25) is 9.59 Å². The molecule has 0 radical (unpaired) electrons. The lowest BCUT2D eigenvalue weighted by molar-refractivity contribution is -0.889. The Morgan fingerprint density at radius 2 is 1.12 bits per heavy atom. The summed E-state index contributed by atoms with van der Waals surface area (Å²) in [5.74, 6) is -1.90. The second kappa shape index (κ2) is 33.6. The van der Waals surface area contributed by atoms with Crippen LogP contribution in [0.3, 0.4) is 0 Å². The molecule has 0 aliphatic rings. The molecule has 0 bridgehead atoms. The Morgan fingerprint density at radius 3 is 1.65 bits per heavy atom. The number of carboxylic acids is 1. The molecule has 0 N–H and O–H groups in total. The first-order valence-corrected chi connectivity index (χ1v) is 19.1. The molecule has 0 heterocycles. The van der Waals surface area contributed by atoms with Crippen LogP contribution in [0.2, 0.25) is 0 Å². The number of carbonyl (C=O) groups excluding carboxylic acids is 3. The fourth-order valence-corrected chi connectivity index (χ4v) is 4.80. The number of unbranched alkanes of at least 4 members (excludes halogenated alkanes) is 4. The number of esters is 2. The summed E-state index contributed by atoms with van der Waals surface area (Å²) in [6.45, 7) is 4.33. The van der Waals surface area contributed by atoms with Crippen molar-refractivity contribution >= 4 is 17.9 Å². The van der Waals surface area contributed by atoms with Crippen molar-refractivity contribution in [3.05, 3.63) is 85.1 Å². The maximum atomic E-state index is 12.5. The maximum Gasteiger partial charge on any atom is 0.306 e. The van der Waals surface area contributed by atoms with Crippen molar-refractivity contribution < 1.29 is 38.2 Å². The average molecular weight is 712 g/mol. The van der Waals surface area contributed by atoms with E-state index in [1.54, 1.807) is 21.1 Å². The molecular weight excluding hydrogens is 642 g/mol. The van der Waals surface area contributed by atoms with Crippen molar-refractivity contribution in [3.63, 3.8) is 0 Å². The van der Waals surface area contributed by atoms with E-state index in [2.05, 4.69) is 92.8 Å². The summed E-state index contributed by atoms with van der Waals surface area (Å²) in [7, 11) is 5.35. The molecule has 0 saturated heterocycles. The van der Waals surface area contributed by atoms with Crippen LogP contribution in [0.4, 0.5) is 0 Å². The number of carbonyl (C=O) groups is 3. The molecule has 0 spiro atoms. The number of quaternary nitrogens is 1. The zero-order valence-electron chi connectivity index (χ0n) is 32.5. The predicted molar refractivity (Wildman–Crippen MR) is 208 cm³/mol. The fourth-order valence-electron chi connectivity index (χ4n) is 4.80. The van der Waals surface area contributed by atoms with Gasteiger partial charge in [0.25, 0.3) is 0 Å². The molecule has 8 heteroatoms. The average Bonchev–Trinajstić information content (AvgIpc) is 3.08. The molecule has 2 unspecified atom stereocenters. The van der Waals surface area contributed by atoms with Crippen molar-refractivity contribution in [1.82, 2.24) is 0 Å². The molecule has 8 nitrogen and oxygen atoms in total. The van der Waals surface area contributed by atoms with Gasteiger partial charge in [-0.1, -0.05) is 112 Å².